The van der Waals surface area contributed by atoms with Crippen molar-refractivity contribution in [3.63, 3.8) is 0 Å². The van der Waals surface area contributed by atoms with Crippen molar-refractivity contribution >= 4 is 27.3 Å². The molecule has 3 heteroatoms. The van der Waals surface area contributed by atoms with Crippen LogP contribution in [0.4, 0.5) is 0 Å². The van der Waals surface area contributed by atoms with E-state index in [2.05, 4.69) is 34.1 Å². The van der Waals surface area contributed by atoms with Gasteiger partial charge in [0.2, 0.25) is 0 Å². The first-order valence-corrected chi connectivity index (χ1v) is 5.94. The topological polar surface area (TPSA) is 26.0 Å². The van der Waals surface area contributed by atoms with Crippen LogP contribution in [0.25, 0.3) is 0 Å². The van der Waals surface area contributed by atoms with Crippen molar-refractivity contribution in [2.45, 2.75) is 6.04 Å². The lowest BCUT2D eigenvalue weighted by Crippen LogP contribution is -2.09. The van der Waals surface area contributed by atoms with Crippen molar-refractivity contribution in [3.8, 4) is 0 Å². The standard InChI is InChI=1S/C11H10BrNS/c12-10-7-6-9(14-10)11(13)8-4-2-1-3-5-8/h1-7,11H,13H2. The lowest BCUT2D eigenvalue weighted by Gasteiger charge is -2.08. The Morgan fingerprint density at radius 2 is 1.79 bits per heavy atom. The molecule has 1 aromatic carbocycles. The maximum absolute atomic E-state index is 6.12. The van der Waals surface area contributed by atoms with Crippen LogP contribution in [0.1, 0.15) is 16.5 Å². The van der Waals surface area contributed by atoms with Crippen LogP contribution in [0, 0.1) is 0 Å². The second-order valence-corrected chi connectivity index (χ2v) is 5.52. The molecule has 0 radical (unpaired) electrons. The van der Waals surface area contributed by atoms with Crippen molar-refractivity contribution in [2.75, 3.05) is 0 Å². The van der Waals surface area contributed by atoms with Gasteiger partial charge in [0, 0.05) is 4.88 Å². The highest BCUT2D eigenvalue weighted by Gasteiger charge is 2.09. The summed E-state index contributed by atoms with van der Waals surface area (Å²) in [6.45, 7) is 0. The second kappa shape index (κ2) is 4.26. The van der Waals surface area contributed by atoms with Crippen LogP contribution in [0.3, 0.4) is 0 Å². The molecule has 1 atom stereocenters. The molecular weight excluding hydrogens is 258 g/mol. The van der Waals surface area contributed by atoms with Crippen LogP contribution >= 0.6 is 27.3 Å². The molecular formula is C11H10BrNS. The third kappa shape index (κ3) is 2.05. The van der Waals surface area contributed by atoms with Crippen LogP contribution in [0.5, 0.6) is 0 Å². The van der Waals surface area contributed by atoms with Crippen LogP contribution < -0.4 is 5.73 Å². The molecule has 0 aliphatic carbocycles. The summed E-state index contributed by atoms with van der Waals surface area (Å²) in [5.41, 5.74) is 7.27. The van der Waals surface area contributed by atoms with Gasteiger partial charge in [-0.15, -0.1) is 11.3 Å². The zero-order chi connectivity index (χ0) is 9.97. The van der Waals surface area contributed by atoms with Gasteiger partial charge in [0.15, 0.2) is 0 Å². The molecule has 1 heterocycles. The predicted molar refractivity (Wildman–Crippen MR) is 64.5 cm³/mol. The Hall–Kier alpha value is -0.640. The molecule has 0 spiro atoms. The summed E-state index contributed by atoms with van der Waals surface area (Å²) in [6, 6.07) is 14.2. The van der Waals surface area contributed by atoms with Crippen molar-refractivity contribution < 1.29 is 0 Å². The SMILES string of the molecule is NC(c1ccccc1)c1ccc(Br)s1. The first kappa shape index (κ1) is 9.90. The molecule has 2 N–H and O–H groups in total. The smallest absolute Gasteiger partial charge is 0.0702 e. The number of benzene rings is 1. The Kier molecular flexibility index (Phi) is 3.01. The van der Waals surface area contributed by atoms with E-state index >= 15 is 0 Å². The Bertz CT molecular complexity index is 410. The first-order valence-electron chi connectivity index (χ1n) is 4.33. The van der Waals surface area contributed by atoms with E-state index in [0.717, 1.165) is 9.35 Å². The maximum Gasteiger partial charge on any atom is 0.0702 e. The van der Waals surface area contributed by atoms with E-state index in [1.165, 1.54) is 4.88 Å². The molecule has 1 nitrogen and oxygen atoms in total. The number of rotatable bonds is 2. The van der Waals surface area contributed by atoms with E-state index < -0.39 is 0 Å². The lowest BCUT2D eigenvalue weighted by molar-refractivity contribution is 0.893. The minimum absolute atomic E-state index is 0.00694. The third-order valence-corrected chi connectivity index (χ3v) is 3.77. The van der Waals surface area contributed by atoms with Crippen molar-refractivity contribution in [3.05, 3.63) is 56.7 Å². The molecule has 2 rings (SSSR count). The fourth-order valence-corrected chi connectivity index (χ4v) is 2.77. The third-order valence-electron chi connectivity index (χ3n) is 2.06. The molecule has 1 aromatic heterocycles. The molecule has 0 saturated carbocycles. The number of nitrogens with two attached hydrogens (primary N) is 1. The summed E-state index contributed by atoms with van der Waals surface area (Å²) in [5.74, 6) is 0. The predicted octanol–water partition coefficient (Wildman–Crippen LogP) is 3.56. The molecule has 2 aromatic rings. The average Bonchev–Trinajstić information content (AvgIpc) is 2.65. The second-order valence-electron chi connectivity index (χ2n) is 3.03. The summed E-state index contributed by atoms with van der Waals surface area (Å²) in [4.78, 5) is 1.18. The number of halogens is 1. The van der Waals surface area contributed by atoms with E-state index in [9.17, 15) is 0 Å². The average molecular weight is 268 g/mol. The maximum atomic E-state index is 6.12. The van der Waals surface area contributed by atoms with E-state index in [4.69, 9.17) is 5.73 Å². The van der Waals surface area contributed by atoms with Crippen LogP contribution in [-0.4, -0.2) is 0 Å². The van der Waals surface area contributed by atoms with Crippen molar-refractivity contribution in [1.29, 1.82) is 0 Å². The summed E-state index contributed by atoms with van der Waals surface area (Å²) >= 11 is 5.12. The van der Waals surface area contributed by atoms with E-state index in [1.807, 2.05) is 24.3 Å². The monoisotopic (exact) mass is 267 g/mol. The first-order chi connectivity index (χ1) is 6.77. The minimum Gasteiger partial charge on any atom is -0.320 e. The normalized spacial score (nSPS) is 12.7. The van der Waals surface area contributed by atoms with Gasteiger partial charge in [-0.1, -0.05) is 30.3 Å². The highest BCUT2D eigenvalue weighted by atomic mass is 79.9. The fraction of sp³-hybridized carbons (Fsp3) is 0.0909. The van der Waals surface area contributed by atoms with Gasteiger partial charge in [-0.2, -0.15) is 0 Å². The van der Waals surface area contributed by atoms with E-state index in [-0.39, 0.29) is 6.04 Å². The van der Waals surface area contributed by atoms with Gasteiger partial charge in [0.05, 0.1) is 9.83 Å². The largest absolute Gasteiger partial charge is 0.320 e. The lowest BCUT2D eigenvalue weighted by atomic mass is 10.1. The summed E-state index contributed by atoms with van der Waals surface area (Å²) < 4.78 is 1.12. The van der Waals surface area contributed by atoms with Gasteiger partial charge in [-0.25, -0.2) is 0 Å². The van der Waals surface area contributed by atoms with Gasteiger partial charge in [-0.3, -0.25) is 0 Å². The number of thiophene rings is 1. The number of hydrogen-bond acceptors (Lipinski definition) is 2. The van der Waals surface area contributed by atoms with Crippen molar-refractivity contribution in [2.24, 2.45) is 5.73 Å². The fourth-order valence-electron chi connectivity index (χ4n) is 1.32. The molecule has 0 aliphatic rings. The Balaban J connectivity index is 2.29. The number of hydrogen-bond donors (Lipinski definition) is 1. The highest BCUT2D eigenvalue weighted by molar-refractivity contribution is 9.11. The molecule has 0 amide bonds. The summed E-state index contributed by atoms with van der Waals surface area (Å²) in [6.07, 6.45) is 0. The van der Waals surface area contributed by atoms with Gasteiger partial charge in [0.25, 0.3) is 0 Å². The van der Waals surface area contributed by atoms with Gasteiger partial charge in [-0.05, 0) is 33.6 Å². The van der Waals surface area contributed by atoms with Gasteiger partial charge < -0.3 is 5.73 Å². The van der Waals surface area contributed by atoms with Crippen molar-refractivity contribution in [1.82, 2.24) is 0 Å². The van der Waals surface area contributed by atoms with E-state index in [1.54, 1.807) is 11.3 Å². The minimum atomic E-state index is -0.00694. The van der Waals surface area contributed by atoms with Gasteiger partial charge >= 0.3 is 0 Å². The van der Waals surface area contributed by atoms with Crippen LogP contribution in [0.2, 0.25) is 0 Å². The quantitative estimate of drug-likeness (QED) is 0.885. The Morgan fingerprint density at radius 1 is 1.07 bits per heavy atom. The molecule has 0 aliphatic heterocycles. The van der Waals surface area contributed by atoms with Crippen LogP contribution in [-0.2, 0) is 0 Å². The molecule has 72 valence electrons. The molecule has 0 fully saturated rings. The molecule has 0 bridgehead atoms. The zero-order valence-corrected chi connectivity index (χ0v) is 9.88. The summed E-state index contributed by atoms with van der Waals surface area (Å²) in [5, 5.41) is 0. The Morgan fingerprint density at radius 3 is 2.36 bits per heavy atom. The molecule has 0 saturated heterocycles. The zero-order valence-electron chi connectivity index (χ0n) is 7.48. The van der Waals surface area contributed by atoms with Crippen LogP contribution in [0.15, 0.2) is 46.3 Å². The van der Waals surface area contributed by atoms with Gasteiger partial charge in [0.1, 0.15) is 0 Å². The highest BCUT2D eigenvalue weighted by Crippen LogP contribution is 2.29. The molecule has 1 unspecified atom stereocenters. The Labute approximate surface area is 95.7 Å². The molecule has 14 heavy (non-hydrogen) atoms. The van der Waals surface area contributed by atoms with E-state index in [0.29, 0.717) is 0 Å². The summed E-state index contributed by atoms with van der Waals surface area (Å²) in [7, 11) is 0.